The highest BCUT2D eigenvalue weighted by molar-refractivity contribution is 6.42. The second-order valence-corrected chi connectivity index (χ2v) is 12.3. The first kappa shape index (κ1) is 38.0. The number of piperazine rings is 1. The number of nitrogens with two attached hydrogens (primary N) is 1. The van der Waals surface area contributed by atoms with E-state index in [2.05, 4.69) is 15.5 Å². The van der Waals surface area contributed by atoms with E-state index in [1.807, 2.05) is 13.0 Å². The highest BCUT2D eigenvalue weighted by Gasteiger charge is 2.47. The topological polar surface area (TPSA) is 145 Å². The molecule has 3 unspecified atom stereocenters. The van der Waals surface area contributed by atoms with Crippen LogP contribution in [-0.2, 0) is 32.0 Å². The maximum Gasteiger partial charge on any atom is 0.490 e. The first-order valence-electron chi connectivity index (χ1n) is 14.8. The Kier molecular flexibility index (Phi) is 13.0. The summed E-state index contributed by atoms with van der Waals surface area (Å²) in [6.07, 6.45) is -2.62. The number of halogens is 6. The lowest BCUT2D eigenvalue weighted by atomic mass is 9.98. The normalized spacial score (nSPS) is 18.7. The maximum absolute atomic E-state index is 13.9. The van der Waals surface area contributed by atoms with E-state index in [1.54, 1.807) is 36.2 Å². The molecule has 0 aromatic heterocycles. The van der Waals surface area contributed by atoms with Crippen molar-refractivity contribution in [3.05, 3.63) is 69.5 Å². The summed E-state index contributed by atoms with van der Waals surface area (Å²) in [5.74, 6) is -3.81. The Hall–Kier alpha value is -3.46. The predicted molar refractivity (Wildman–Crippen MR) is 167 cm³/mol. The lowest BCUT2D eigenvalue weighted by molar-refractivity contribution is -0.192. The standard InChI is InChI=1S/C29H36Cl2FN5O3.C2HF3O2/c1-3-21-17-36(25(26(38)34-2)16-19-6-9-22(30)23(31)14-19)12-13-37(21)27(39)24(35-28(40)29(33)10-11-29)15-18-4-7-20(32)8-5-18;3-2(4,5)1(6)7/h4-9,14,21,24-25H,3,10-13,15-17,33H2,1-2H3,(H,34,38)(H,35,40);(H,6,7). The molecule has 1 saturated carbocycles. The van der Waals surface area contributed by atoms with Crippen LogP contribution in [0.1, 0.15) is 37.3 Å². The molecular weight excluding hydrogens is 669 g/mol. The monoisotopic (exact) mass is 705 g/mol. The Bertz CT molecular complexity index is 1440. The van der Waals surface area contributed by atoms with Crippen LogP contribution in [0, 0.1) is 5.82 Å². The molecule has 47 heavy (non-hydrogen) atoms. The third-order valence-corrected chi connectivity index (χ3v) is 8.85. The van der Waals surface area contributed by atoms with Gasteiger partial charge in [0.1, 0.15) is 11.9 Å². The molecule has 0 spiro atoms. The van der Waals surface area contributed by atoms with Crippen LogP contribution in [0.2, 0.25) is 10.0 Å². The molecule has 3 amide bonds. The number of amides is 3. The second-order valence-electron chi connectivity index (χ2n) is 11.5. The molecule has 16 heteroatoms. The first-order chi connectivity index (χ1) is 22.0. The van der Waals surface area contributed by atoms with Gasteiger partial charge in [0.15, 0.2) is 0 Å². The Balaban J connectivity index is 0.000000771. The van der Waals surface area contributed by atoms with Crippen molar-refractivity contribution >= 4 is 46.9 Å². The molecule has 5 N–H and O–H groups in total. The number of hydrogen-bond acceptors (Lipinski definition) is 6. The summed E-state index contributed by atoms with van der Waals surface area (Å²) in [7, 11) is 1.61. The van der Waals surface area contributed by atoms with Gasteiger partial charge in [-0.1, -0.05) is 48.3 Å². The second kappa shape index (κ2) is 16.1. The van der Waals surface area contributed by atoms with E-state index in [1.165, 1.54) is 12.1 Å². The molecule has 258 valence electrons. The average molecular weight is 707 g/mol. The van der Waals surface area contributed by atoms with Gasteiger partial charge in [-0.2, -0.15) is 13.2 Å². The van der Waals surface area contributed by atoms with Gasteiger partial charge in [-0.15, -0.1) is 0 Å². The predicted octanol–water partition coefficient (Wildman–Crippen LogP) is 3.56. The number of nitrogens with zero attached hydrogens (tertiary/aromatic N) is 2. The van der Waals surface area contributed by atoms with Gasteiger partial charge in [-0.05, 0) is 61.1 Å². The van der Waals surface area contributed by atoms with Crippen molar-refractivity contribution < 1.29 is 41.8 Å². The van der Waals surface area contributed by atoms with Crippen LogP contribution in [0.5, 0.6) is 0 Å². The third kappa shape index (κ3) is 10.5. The van der Waals surface area contributed by atoms with Crippen LogP contribution >= 0.6 is 23.2 Å². The molecule has 0 bridgehead atoms. The molecule has 4 rings (SSSR count). The Morgan fingerprint density at radius 1 is 1.02 bits per heavy atom. The van der Waals surface area contributed by atoms with E-state index in [4.69, 9.17) is 38.8 Å². The fraction of sp³-hybridized carbons (Fsp3) is 0.484. The van der Waals surface area contributed by atoms with Gasteiger partial charge in [-0.25, -0.2) is 9.18 Å². The largest absolute Gasteiger partial charge is 0.490 e. The van der Waals surface area contributed by atoms with Crippen LogP contribution in [-0.4, -0.2) is 95.1 Å². The van der Waals surface area contributed by atoms with Crippen molar-refractivity contribution in [1.82, 2.24) is 20.4 Å². The van der Waals surface area contributed by atoms with Gasteiger partial charge in [-0.3, -0.25) is 19.3 Å². The number of alkyl halides is 3. The molecule has 2 aliphatic rings. The summed E-state index contributed by atoms with van der Waals surface area (Å²) >= 11 is 12.3. The Labute approximate surface area is 279 Å². The van der Waals surface area contributed by atoms with Crippen molar-refractivity contribution in [3.8, 4) is 0 Å². The molecule has 10 nitrogen and oxygen atoms in total. The van der Waals surface area contributed by atoms with Gasteiger partial charge >= 0.3 is 12.1 Å². The van der Waals surface area contributed by atoms with E-state index in [0.717, 1.165) is 11.1 Å². The van der Waals surface area contributed by atoms with E-state index in [9.17, 15) is 31.9 Å². The number of aliphatic carboxylic acids is 1. The molecule has 1 aliphatic heterocycles. The fourth-order valence-electron chi connectivity index (χ4n) is 5.17. The number of carboxylic acids is 1. The summed E-state index contributed by atoms with van der Waals surface area (Å²) in [6.45, 7) is 3.34. The van der Waals surface area contributed by atoms with Gasteiger partial charge in [0.05, 0.1) is 21.6 Å². The first-order valence-corrected chi connectivity index (χ1v) is 15.6. The zero-order chi connectivity index (χ0) is 35.1. The van der Waals surface area contributed by atoms with Crippen LogP contribution in [0.25, 0.3) is 0 Å². The number of carbonyl (C=O) groups is 4. The SMILES string of the molecule is CCC1CN(C(Cc2ccc(Cl)c(Cl)c2)C(=O)NC)CCN1C(=O)C(Cc1ccc(F)cc1)NC(=O)C1(N)CC1.O=C(O)C(F)(F)F. The number of nitrogens with one attached hydrogen (secondary N) is 2. The smallest absolute Gasteiger partial charge is 0.475 e. The minimum atomic E-state index is -5.08. The van der Waals surface area contributed by atoms with Crippen molar-refractivity contribution in [3.63, 3.8) is 0 Å². The summed E-state index contributed by atoms with van der Waals surface area (Å²) in [4.78, 5) is 52.5. The van der Waals surface area contributed by atoms with E-state index >= 15 is 0 Å². The lowest BCUT2D eigenvalue weighted by Gasteiger charge is -2.45. The van der Waals surface area contributed by atoms with E-state index in [0.29, 0.717) is 55.4 Å². The number of benzene rings is 2. The van der Waals surface area contributed by atoms with Gasteiger partial charge in [0.2, 0.25) is 17.7 Å². The number of carboxylic acid groups (broad SMARTS) is 1. The van der Waals surface area contributed by atoms with Crippen LogP contribution < -0.4 is 16.4 Å². The highest BCUT2D eigenvalue weighted by atomic mass is 35.5. The van der Waals surface area contributed by atoms with E-state index < -0.39 is 29.8 Å². The van der Waals surface area contributed by atoms with Crippen LogP contribution in [0.15, 0.2) is 42.5 Å². The molecule has 2 fully saturated rings. The van der Waals surface area contributed by atoms with Crippen molar-refractivity contribution in [2.75, 3.05) is 26.7 Å². The van der Waals surface area contributed by atoms with Crippen molar-refractivity contribution in [2.45, 2.75) is 68.9 Å². The molecule has 2 aromatic rings. The Morgan fingerprint density at radius 2 is 1.62 bits per heavy atom. The summed E-state index contributed by atoms with van der Waals surface area (Å²) in [5, 5.41) is 13.6. The van der Waals surface area contributed by atoms with Gasteiger partial charge in [0, 0.05) is 39.1 Å². The number of rotatable bonds is 10. The molecular formula is C31H37Cl2F4N5O5. The maximum atomic E-state index is 13.9. The Morgan fingerprint density at radius 3 is 2.13 bits per heavy atom. The molecule has 1 heterocycles. The third-order valence-electron chi connectivity index (χ3n) is 8.11. The lowest BCUT2D eigenvalue weighted by Crippen LogP contribution is -2.63. The number of carbonyl (C=O) groups excluding carboxylic acids is 3. The molecule has 1 aliphatic carbocycles. The molecule has 0 radical (unpaired) electrons. The fourth-order valence-corrected chi connectivity index (χ4v) is 5.49. The van der Waals surface area contributed by atoms with Gasteiger partial charge < -0.3 is 26.4 Å². The molecule has 2 aromatic carbocycles. The number of likely N-dealkylation sites (N-methyl/N-ethyl adjacent to an activating group) is 1. The average Bonchev–Trinajstić information content (AvgIpc) is 3.79. The van der Waals surface area contributed by atoms with E-state index in [-0.39, 0.29) is 36.0 Å². The van der Waals surface area contributed by atoms with Crippen molar-refractivity contribution in [2.24, 2.45) is 5.73 Å². The number of hydrogen-bond donors (Lipinski definition) is 4. The minimum absolute atomic E-state index is 0.125. The zero-order valence-electron chi connectivity index (χ0n) is 25.8. The minimum Gasteiger partial charge on any atom is -0.475 e. The summed E-state index contributed by atoms with van der Waals surface area (Å²) in [6, 6.07) is 9.76. The van der Waals surface area contributed by atoms with Crippen LogP contribution in [0.3, 0.4) is 0 Å². The quantitative estimate of drug-likeness (QED) is 0.277. The van der Waals surface area contributed by atoms with Gasteiger partial charge in [0.25, 0.3) is 0 Å². The highest BCUT2D eigenvalue weighted by Crippen LogP contribution is 2.32. The molecule has 3 atom stereocenters. The summed E-state index contributed by atoms with van der Waals surface area (Å²) in [5.41, 5.74) is 6.79. The molecule has 1 saturated heterocycles. The van der Waals surface area contributed by atoms with Crippen LogP contribution in [0.4, 0.5) is 17.6 Å². The van der Waals surface area contributed by atoms with Crippen molar-refractivity contribution in [1.29, 1.82) is 0 Å². The summed E-state index contributed by atoms with van der Waals surface area (Å²) < 4.78 is 45.2. The zero-order valence-corrected chi connectivity index (χ0v) is 27.3.